The van der Waals surface area contributed by atoms with Crippen molar-refractivity contribution in [2.75, 3.05) is 31.2 Å². The maximum atomic E-state index is 5.39. The minimum absolute atomic E-state index is 0.834. The molecule has 1 aliphatic rings. The summed E-state index contributed by atoms with van der Waals surface area (Å²) in [5, 5.41) is 3.48. The number of hydrogen-bond donors (Lipinski definition) is 1. The summed E-state index contributed by atoms with van der Waals surface area (Å²) < 4.78 is 5.39. The second-order valence-corrected chi connectivity index (χ2v) is 5.36. The second kappa shape index (κ2) is 7.25. The third kappa shape index (κ3) is 4.06. The predicted molar refractivity (Wildman–Crippen MR) is 86.5 cm³/mol. The van der Waals surface area contributed by atoms with Gasteiger partial charge in [-0.05, 0) is 23.3 Å². The quantitative estimate of drug-likeness (QED) is 0.912. The van der Waals surface area contributed by atoms with Crippen LogP contribution in [0.5, 0.6) is 0 Å². The second-order valence-electron chi connectivity index (χ2n) is 5.36. The maximum Gasteiger partial charge on any atom is 0.0642 e. The molecule has 0 aromatic heterocycles. The Labute approximate surface area is 126 Å². The molecular weight excluding hydrogens is 260 g/mol. The fraction of sp³-hybridized carbons (Fsp3) is 0.333. The van der Waals surface area contributed by atoms with Crippen molar-refractivity contribution in [3.05, 3.63) is 65.7 Å². The fourth-order valence-corrected chi connectivity index (χ4v) is 2.59. The lowest BCUT2D eigenvalue weighted by molar-refractivity contribution is 0.122. The van der Waals surface area contributed by atoms with Crippen LogP contribution in [0.4, 0.5) is 5.69 Å². The van der Waals surface area contributed by atoms with Crippen molar-refractivity contribution in [2.24, 2.45) is 0 Å². The summed E-state index contributed by atoms with van der Waals surface area (Å²) in [7, 11) is 0. The molecular formula is C18H22N2O. The van der Waals surface area contributed by atoms with Crippen molar-refractivity contribution < 1.29 is 4.74 Å². The highest BCUT2D eigenvalue weighted by Gasteiger charge is 2.10. The van der Waals surface area contributed by atoms with Crippen LogP contribution in [0.3, 0.4) is 0 Å². The van der Waals surface area contributed by atoms with Crippen molar-refractivity contribution >= 4 is 5.69 Å². The number of morpholine rings is 1. The monoisotopic (exact) mass is 282 g/mol. The number of nitrogens with zero attached hydrogens (tertiary/aromatic N) is 1. The molecule has 3 rings (SSSR count). The van der Waals surface area contributed by atoms with Crippen LogP contribution in [0.15, 0.2) is 54.6 Å². The van der Waals surface area contributed by atoms with Crippen LogP contribution >= 0.6 is 0 Å². The lowest BCUT2D eigenvalue weighted by atomic mass is 10.1. The summed E-state index contributed by atoms with van der Waals surface area (Å²) in [5.41, 5.74) is 3.94. The minimum Gasteiger partial charge on any atom is -0.378 e. The van der Waals surface area contributed by atoms with E-state index < -0.39 is 0 Å². The van der Waals surface area contributed by atoms with E-state index in [2.05, 4.69) is 58.7 Å². The van der Waals surface area contributed by atoms with E-state index in [1.165, 1.54) is 16.8 Å². The van der Waals surface area contributed by atoms with Gasteiger partial charge in [0.25, 0.3) is 0 Å². The fourth-order valence-electron chi connectivity index (χ4n) is 2.59. The molecule has 1 saturated heterocycles. The van der Waals surface area contributed by atoms with E-state index >= 15 is 0 Å². The SMILES string of the molecule is c1ccc(CNCc2ccc(N3CCOCC3)cc2)cc1. The molecule has 3 nitrogen and oxygen atoms in total. The first-order valence-electron chi connectivity index (χ1n) is 7.58. The van der Waals surface area contributed by atoms with Crippen LogP contribution < -0.4 is 10.2 Å². The number of nitrogens with one attached hydrogen (secondary N) is 1. The number of anilines is 1. The van der Waals surface area contributed by atoms with Gasteiger partial charge in [0.2, 0.25) is 0 Å². The van der Waals surface area contributed by atoms with Gasteiger partial charge in [0, 0.05) is 31.9 Å². The van der Waals surface area contributed by atoms with Crippen molar-refractivity contribution in [1.29, 1.82) is 0 Å². The summed E-state index contributed by atoms with van der Waals surface area (Å²) in [6.45, 7) is 5.46. The lowest BCUT2D eigenvalue weighted by Crippen LogP contribution is -2.36. The molecule has 0 saturated carbocycles. The molecule has 0 aliphatic carbocycles. The van der Waals surface area contributed by atoms with E-state index in [0.717, 1.165) is 39.4 Å². The van der Waals surface area contributed by atoms with Crippen LogP contribution in [-0.4, -0.2) is 26.3 Å². The smallest absolute Gasteiger partial charge is 0.0642 e. The Morgan fingerprint density at radius 1 is 0.810 bits per heavy atom. The molecule has 0 unspecified atom stereocenters. The average molecular weight is 282 g/mol. The Morgan fingerprint density at radius 3 is 2.10 bits per heavy atom. The normalized spacial score (nSPS) is 15.1. The van der Waals surface area contributed by atoms with Crippen LogP contribution in [-0.2, 0) is 17.8 Å². The van der Waals surface area contributed by atoms with Crippen molar-refractivity contribution in [3.8, 4) is 0 Å². The average Bonchev–Trinajstić information content (AvgIpc) is 2.57. The zero-order valence-electron chi connectivity index (χ0n) is 12.3. The molecule has 2 aromatic rings. The van der Waals surface area contributed by atoms with Crippen molar-refractivity contribution in [1.82, 2.24) is 5.32 Å². The molecule has 1 aliphatic heterocycles. The number of hydrogen-bond acceptors (Lipinski definition) is 3. The summed E-state index contributed by atoms with van der Waals surface area (Å²) in [6.07, 6.45) is 0. The van der Waals surface area contributed by atoms with Gasteiger partial charge in [-0.25, -0.2) is 0 Å². The molecule has 21 heavy (non-hydrogen) atoms. The van der Waals surface area contributed by atoms with Gasteiger partial charge in [0.15, 0.2) is 0 Å². The number of ether oxygens (including phenoxy) is 1. The van der Waals surface area contributed by atoms with Gasteiger partial charge in [-0.2, -0.15) is 0 Å². The largest absolute Gasteiger partial charge is 0.378 e. The maximum absolute atomic E-state index is 5.39. The zero-order valence-corrected chi connectivity index (χ0v) is 12.3. The Hall–Kier alpha value is -1.84. The predicted octanol–water partition coefficient (Wildman–Crippen LogP) is 2.81. The van der Waals surface area contributed by atoms with Gasteiger partial charge in [0.05, 0.1) is 13.2 Å². The highest BCUT2D eigenvalue weighted by molar-refractivity contribution is 5.47. The van der Waals surface area contributed by atoms with Gasteiger partial charge < -0.3 is 15.0 Å². The van der Waals surface area contributed by atoms with Gasteiger partial charge >= 0.3 is 0 Å². The van der Waals surface area contributed by atoms with Crippen LogP contribution in [0.2, 0.25) is 0 Å². The molecule has 1 N–H and O–H groups in total. The van der Waals surface area contributed by atoms with Gasteiger partial charge in [0.1, 0.15) is 0 Å². The first-order valence-corrected chi connectivity index (χ1v) is 7.58. The Kier molecular flexibility index (Phi) is 4.87. The van der Waals surface area contributed by atoms with Crippen LogP contribution in [0.1, 0.15) is 11.1 Å². The standard InChI is InChI=1S/C18H22N2O/c1-2-4-16(5-3-1)14-19-15-17-6-8-18(9-7-17)20-10-12-21-13-11-20/h1-9,19H,10-15H2. The third-order valence-electron chi connectivity index (χ3n) is 3.81. The summed E-state index contributed by atoms with van der Waals surface area (Å²) in [4.78, 5) is 2.38. The Balaban J connectivity index is 1.50. The van der Waals surface area contributed by atoms with E-state index in [9.17, 15) is 0 Å². The molecule has 110 valence electrons. The van der Waals surface area contributed by atoms with Crippen LogP contribution in [0, 0.1) is 0 Å². The zero-order chi connectivity index (χ0) is 14.3. The van der Waals surface area contributed by atoms with E-state index in [1.54, 1.807) is 0 Å². The van der Waals surface area contributed by atoms with E-state index in [-0.39, 0.29) is 0 Å². The summed E-state index contributed by atoms with van der Waals surface area (Å²) in [5.74, 6) is 0. The van der Waals surface area contributed by atoms with Crippen molar-refractivity contribution in [3.63, 3.8) is 0 Å². The lowest BCUT2D eigenvalue weighted by Gasteiger charge is -2.28. The molecule has 1 fully saturated rings. The molecule has 0 bridgehead atoms. The Morgan fingerprint density at radius 2 is 1.43 bits per heavy atom. The summed E-state index contributed by atoms with van der Waals surface area (Å²) in [6, 6.07) is 19.3. The van der Waals surface area contributed by atoms with Gasteiger partial charge in [-0.3, -0.25) is 0 Å². The van der Waals surface area contributed by atoms with E-state index in [1.807, 2.05) is 6.07 Å². The highest BCUT2D eigenvalue weighted by atomic mass is 16.5. The number of rotatable bonds is 5. The molecule has 1 heterocycles. The topological polar surface area (TPSA) is 24.5 Å². The first-order chi connectivity index (χ1) is 10.4. The molecule has 0 spiro atoms. The van der Waals surface area contributed by atoms with E-state index in [4.69, 9.17) is 4.74 Å². The molecule has 3 heteroatoms. The number of benzene rings is 2. The van der Waals surface area contributed by atoms with E-state index in [0.29, 0.717) is 0 Å². The van der Waals surface area contributed by atoms with Gasteiger partial charge in [-0.1, -0.05) is 42.5 Å². The highest BCUT2D eigenvalue weighted by Crippen LogP contribution is 2.16. The third-order valence-corrected chi connectivity index (χ3v) is 3.81. The molecule has 2 aromatic carbocycles. The molecule has 0 radical (unpaired) electrons. The first kappa shape index (κ1) is 14.1. The summed E-state index contributed by atoms with van der Waals surface area (Å²) >= 11 is 0. The molecule has 0 amide bonds. The Bertz CT molecular complexity index is 533. The minimum atomic E-state index is 0.834. The van der Waals surface area contributed by atoms with Crippen molar-refractivity contribution in [2.45, 2.75) is 13.1 Å². The van der Waals surface area contributed by atoms with Crippen LogP contribution in [0.25, 0.3) is 0 Å². The van der Waals surface area contributed by atoms with Gasteiger partial charge in [-0.15, -0.1) is 0 Å². The molecule has 0 atom stereocenters.